The number of likely N-dealkylation sites (tertiary alicyclic amines) is 1. The maximum Gasteiger partial charge on any atom is 0.250 e. The predicted octanol–water partition coefficient (Wildman–Crippen LogP) is 1.78. The van der Waals surface area contributed by atoms with Gasteiger partial charge in [0, 0.05) is 44.4 Å². The molecule has 0 saturated carbocycles. The predicted molar refractivity (Wildman–Crippen MR) is 95.3 cm³/mol. The van der Waals surface area contributed by atoms with Gasteiger partial charge in [0.25, 0.3) is 0 Å². The van der Waals surface area contributed by atoms with Crippen molar-refractivity contribution in [3.63, 3.8) is 0 Å². The standard InChI is InChI=1S/C18H25N3O4/c1-12-10-15(4-5-16(12)20-17(23)11-25-3)19-18(24)14-6-8-21(9-7-14)13(2)22/h4-5,10,14H,6-9,11H2,1-3H3,(H,19,24)(H,20,23). The van der Waals surface area contributed by atoms with Crippen LogP contribution in [-0.2, 0) is 19.1 Å². The van der Waals surface area contributed by atoms with Crippen LogP contribution in [0.3, 0.4) is 0 Å². The van der Waals surface area contributed by atoms with Crippen molar-refractivity contribution >= 4 is 29.1 Å². The number of anilines is 2. The Labute approximate surface area is 147 Å². The molecular formula is C18H25N3O4. The van der Waals surface area contributed by atoms with Crippen molar-refractivity contribution in [2.24, 2.45) is 5.92 Å². The Bertz CT molecular complexity index is 652. The summed E-state index contributed by atoms with van der Waals surface area (Å²) in [6.45, 7) is 4.66. The molecule has 2 rings (SSSR count). The number of hydrogen-bond donors (Lipinski definition) is 2. The van der Waals surface area contributed by atoms with E-state index in [0.717, 1.165) is 5.56 Å². The summed E-state index contributed by atoms with van der Waals surface area (Å²) in [5.74, 6) is -0.282. The van der Waals surface area contributed by atoms with Crippen molar-refractivity contribution in [1.82, 2.24) is 4.90 Å². The minimum atomic E-state index is -0.223. The average Bonchev–Trinajstić information content (AvgIpc) is 2.57. The lowest BCUT2D eigenvalue weighted by atomic mass is 9.95. The zero-order valence-electron chi connectivity index (χ0n) is 14.9. The van der Waals surface area contributed by atoms with Crippen LogP contribution in [0.4, 0.5) is 11.4 Å². The van der Waals surface area contributed by atoms with Crippen molar-refractivity contribution in [3.05, 3.63) is 23.8 Å². The Hall–Kier alpha value is -2.41. The molecule has 1 aromatic carbocycles. The summed E-state index contributed by atoms with van der Waals surface area (Å²) in [5.41, 5.74) is 2.24. The number of methoxy groups -OCH3 is 1. The number of aryl methyl sites for hydroxylation is 1. The fraction of sp³-hybridized carbons (Fsp3) is 0.500. The first-order valence-electron chi connectivity index (χ1n) is 8.36. The van der Waals surface area contributed by atoms with E-state index in [1.165, 1.54) is 7.11 Å². The SMILES string of the molecule is COCC(=O)Nc1ccc(NC(=O)C2CCN(C(C)=O)CC2)cc1C. The van der Waals surface area contributed by atoms with E-state index >= 15 is 0 Å². The van der Waals surface area contributed by atoms with E-state index in [4.69, 9.17) is 4.74 Å². The quantitative estimate of drug-likeness (QED) is 0.850. The van der Waals surface area contributed by atoms with Crippen LogP contribution in [0.15, 0.2) is 18.2 Å². The Morgan fingerprint density at radius 1 is 1.20 bits per heavy atom. The molecule has 1 fully saturated rings. The molecule has 1 aliphatic heterocycles. The minimum absolute atomic E-state index is 0.00309. The van der Waals surface area contributed by atoms with Gasteiger partial charge in [-0.05, 0) is 43.5 Å². The lowest BCUT2D eigenvalue weighted by Crippen LogP contribution is -2.40. The van der Waals surface area contributed by atoms with Crippen molar-refractivity contribution in [3.8, 4) is 0 Å². The third kappa shape index (κ3) is 5.29. The van der Waals surface area contributed by atoms with Crippen LogP contribution in [0.5, 0.6) is 0 Å². The number of carbonyl (C=O) groups is 3. The third-order valence-electron chi connectivity index (χ3n) is 4.35. The van der Waals surface area contributed by atoms with Gasteiger partial charge in [-0.1, -0.05) is 0 Å². The lowest BCUT2D eigenvalue weighted by molar-refractivity contribution is -0.132. The van der Waals surface area contributed by atoms with Crippen molar-refractivity contribution < 1.29 is 19.1 Å². The molecule has 0 atom stereocenters. The van der Waals surface area contributed by atoms with Gasteiger partial charge >= 0.3 is 0 Å². The summed E-state index contributed by atoms with van der Waals surface area (Å²) in [6.07, 6.45) is 1.35. The number of rotatable bonds is 5. The molecule has 0 aromatic heterocycles. The van der Waals surface area contributed by atoms with Gasteiger partial charge in [-0.15, -0.1) is 0 Å². The molecule has 1 aromatic rings. The molecule has 1 aliphatic rings. The molecule has 136 valence electrons. The number of nitrogens with zero attached hydrogens (tertiary/aromatic N) is 1. The molecule has 25 heavy (non-hydrogen) atoms. The highest BCUT2D eigenvalue weighted by Gasteiger charge is 2.26. The second kappa shape index (κ2) is 8.62. The second-order valence-corrected chi connectivity index (χ2v) is 6.28. The van der Waals surface area contributed by atoms with Crippen molar-refractivity contribution in [2.75, 3.05) is 37.4 Å². The lowest BCUT2D eigenvalue weighted by Gasteiger charge is -2.30. The van der Waals surface area contributed by atoms with E-state index in [-0.39, 0.29) is 30.2 Å². The van der Waals surface area contributed by atoms with Gasteiger partial charge in [0.15, 0.2) is 0 Å². The molecule has 1 heterocycles. The van der Waals surface area contributed by atoms with E-state index in [2.05, 4.69) is 10.6 Å². The molecule has 7 nitrogen and oxygen atoms in total. The van der Waals surface area contributed by atoms with Gasteiger partial charge in [-0.3, -0.25) is 14.4 Å². The maximum absolute atomic E-state index is 12.4. The molecule has 2 N–H and O–H groups in total. The average molecular weight is 347 g/mol. The fourth-order valence-electron chi connectivity index (χ4n) is 2.90. The molecule has 7 heteroatoms. The molecule has 0 radical (unpaired) electrons. The van der Waals surface area contributed by atoms with Crippen LogP contribution in [0.1, 0.15) is 25.3 Å². The van der Waals surface area contributed by atoms with Crippen LogP contribution in [-0.4, -0.2) is 49.4 Å². The van der Waals surface area contributed by atoms with Crippen LogP contribution in [0.25, 0.3) is 0 Å². The van der Waals surface area contributed by atoms with Crippen LogP contribution >= 0.6 is 0 Å². The zero-order chi connectivity index (χ0) is 18.4. The zero-order valence-corrected chi connectivity index (χ0v) is 14.9. The Kier molecular flexibility index (Phi) is 6.52. The summed E-state index contributed by atoms with van der Waals surface area (Å²) in [7, 11) is 1.46. The monoisotopic (exact) mass is 347 g/mol. The van der Waals surface area contributed by atoms with Crippen LogP contribution in [0, 0.1) is 12.8 Å². The highest BCUT2D eigenvalue weighted by molar-refractivity contribution is 5.95. The molecule has 0 bridgehead atoms. The van der Waals surface area contributed by atoms with E-state index in [1.807, 2.05) is 13.0 Å². The Morgan fingerprint density at radius 2 is 1.88 bits per heavy atom. The molecule has 1 saturated heterocycles. The summed E-state index contributed by atoms with van der Waals surface area (Å²) in [5, 5.41) is 5.68. The molecule has 0 unspecified atom stereocenters. The first-order chi connectivity index (χ1) is 11.9. The number of benzene rings is 1. The number of hydrogen-bond acceptors (Lipinski definition) is 4. The molecular weight excluding hydrogens is 322 g/mol. The fourth-order valence-corrected chi connectivity index (χ4v) is 2.90. The van der Waals surface area contributed by atoms with Crippen molar-refractivity contribution in [2.45, 2.75) is 26.7 Å². The van der Waals surface area contributed by atoms with Gasteiger partial charge < -0.3 is 20.3 Å². The largest absolute Gasteiger partial charge is 0.375 e. The first-order valence-corrected chi connectivity index (χ1v) is 8.36. The highest BCUT2D eigenvalue weighted by atomic mass is 16.5. The maximum atomic E-state index is 12.4. The molecule has 0 spiro atoms. The van der Waals surface area contributed by atoms with Gasteiger partial charge in [0.05, 0.1) is 0 Å². The van der Waals surface area contributed by atoms with Crippen LogP contribution < -0.4 is 10.6 Å². The van der Waals surface area contributed by atoms with Gasteiger partial charge in [0.2, 0.25) is 17.7 Å². The summed E-state index contributed by atoms with van der Waals surface area (Å²) in [6, 6.07) is 5.35. The van der Waals surface area contributed by atoms with E-state index in [1.54, 1.807) is 24.0 Å². The number of carbonyl (C=O) groups excluding carboxylic acids is 3. The number of ether oxygens (including phenoxy) is 1. The smallest absolute Gasteiger partial charge is 0.250 e. The first kappa shape index (κ1) is 18.9. The van der Waals surface area contributed by atoms with Crippen LogP contribution in [0.2, 0.25) is 0 Å². The third-order valence-corrected chi connectivity index (χ3v) is 4.35. The Morgan fingerprint density at radius 3 is 2.44 bits per heavy atom. The normalized spacial score (nSPS) is 14.9. The van der Waals surface area contributed by atoms with Gasteiger partial charge in [-0.25, -0.2) is 0 Å². The topological polar surface area (TPSA) is 87.7 Å². The highest BCUT2D eigenvalue weighted by Crippen LogP contribution is 2.23. The number of amides is 3. The van der Waals surface area contributed by atoms with Gasteiger partial charge in [0.1, 0.15) is 6.61 Å². The number of nitrogens with one attached hydrogen (secondary N) is 2. The molecule has 0 aliphatic carbocycles. The minimum Gasteiger partial charge on any atom is -0.375 e. The second-order valence-electron chi connectivity index (χ2n) is 6.28. The van der Waals surface area contributed by atoms with Gasteiger partial charge in [-0.2, -0.15) is 0 Å². The summed E-state index contributed by atoms with van der Waals surface area (Å²) in [4.78, 5) is 37.1. The Balaban J connectivity index is 1.92. The summed E-state index contributed by atoms with van der Waals surface area (Å²) >= 11 is 0. The number of piperidine rings is 1. The molecule has 3 amide bonds. The van der Waals surface area contributed by atoms with E-state index in [0.29, 0.717) is 37.3 Å². The van der Waals surface area contributed by atoms with E-state index in [9.17, 15) is 14.4 Å². The van der Waals surface area contributed by atoms with E-state index < -0.39 is 0 Å². The summed E-state index contributed by atoms with van der Waals surface area (Å²) < 4.78 is 4.79. The van der Waals surface area contributed by atoms with Crippen molar-refractivity contribution in [1.29, 1.82) is 0 Å².